The van der Waals surface area contributed by atoms with Gasteiger partial charge in [-0.15, -0.1) is 0 Å². The van der Waals surface area contributed by atoms with Gasteiger partial charge in [0, 0.05) is 17.5 Å². The Balaban J connectivity index is 2.18. The number of nitrogens with one attached hydrogen (secondary N) is 1. The number of rotatable bonds is 2. The largest absolute Gasteiger partial charge is 0.271 e. The molecule has 1 aromatic heterocycles. The molecule has 94 valence electrons. The molecule has 0 unspecified atom stereocenters. The Kier molecular flexibility index (Phi) is 2.94. The van der Waals surface area contributed by atoms with Crippen molar-refractivity contribution in [1.82, 2.24) is 10.2 Å². The average Bonchev–Trinajstić information content (AvgIpc) is 2.81. The number of nitro benzene ring substituents is 1. The zero-order valence-corrected chi connectivity index (χ0v) is 11.8. The highest BCUT2D eigenvalue weighted by Crippen LogP contribution is 2.31. The number of fused-ring (bicyclic) bond motifs is 1. The summed E-state index contributed by atoms with van der Waals surface area (Å²) in [6.07, 6.45) is 0. The maximum absolute atomic E-state index is 10.7. The van der Waals surface area contributed by atoms with E-state index in [9.17, 15) is 10.1 Å². The summed E-state index contributed by atoms with van der Waals surface area (Å²) in [6.45, 7) is 0. The summed E-state index contributed by atoms with van der Waals surface area (Å²) in [7, 11) is 0. The van der Waals surface area contributed by atoms with Crippen LogP contribution < -0.4 is 0 Å². The van der Waals surface area contributed by atoms with Gasteiger partial charge in [-0.05, 0) is 51.9 Å². The minimum absolute atomic E-state index is 0.0952. The van der Waals surface area contributed by atoms with Crippen LogP contribution in [0.25, 0.3) is 22.0 Å². The van der Waals surface area contributed by atoms with Gasteiger partial charge in [-0.25, -0.2) is 0 Å². The van der Waals surface area contributed by atoms with Gasteiger partial charge >= 0.3 is 0 Å². The van der Waals surface area contributed by atoms with Crippen LogP contribution in [0.1, 0.15) is 0 Å². The van der Waals surface area contributed by atoms with Gasteiger partial charge < -0.3 is 0 Å². The molecule has 0 saturated heterocycles. The molecule has 0 fully saturated rings. The lowest BCUT2D eigenvalue weighted by Crippen LogP contribution is -1.87. The molecule has 19 heavy (non-hydrogen) atoms. The van der Waals surface area contributed by atoms with Gasteiger partial charge in [-0.1, -0.05) is 12.1 Å². The smallest absolute Gasteiger partial charge is 0.269 e. The number of aromatic nitrogens is 2. The van der Waals surface area contributed by atoms with E-state index in [1.807, 2.05) is 18.2 Å². The van der Waals surface area contributed by atoms with E-state index in [1.54, 1.807) is 12.1 Å². The second-order valence-corrected chi connectivity index (χ2v) is 5.12. The van der Waals surface area contributed by atoms with Crippen LogP contribution >= 0.6 is 22.6 Å². The third kappa shape index (κ3) is 2.07. The first kappa shape index (κ1) is 12.1. The van der Waals surface area contributed by atoms with E-state index in [-0.39, 0.29) is 5.69 Å². The Bertz CT molecular complexity index is 765. The lowest BCUT2D eigenvalue weighted by molar-refractivity contribution is -0.384. The maximum atomic E-state index is 10.7. The average molecular weight is 365 g/mol. The summed E-state index contributed by atoms with van der Waals surface area (Å²) >= 11 is 2.20. The number of halogens is 1. The van der Waals surface area contributed by atoms with Gasteiger partial charge in [0.2, 0.25) is 0 Å². The summed E-state index contributed by atoms with van der Waals surface area (Å²) in [5.41, 5.74) is 2.94. The molecular weight excluding hydrogens is 357 g/mol. The molecule has 5 nitrogen and oxygen atoms in total. The summed E-state index contributed by atoms with van der Waals surface area (Å²) in [4.78, 5) is 10.3. The van der Waals surface area contributed by atoms with Gasteiger partial charge in [0.25, 0.3) is 5.69 Å². The lowest BCUT2D eigenvalue weighted by Gasteiger charge is -2.03. The molecule has 0 aliphatic heterocycles. The molecule has 3 rings (SSSR count). The summed E-state index contributed by atoms with van der Waals surface area (Å²) in [5, 5.41) is 18.9. The van der Waals surface area contributed by atoms with Crippen molar-refractivity contribution in [2.75, 3.05) is 0 Å². The number of aromatic amines is 1. The molecule has 0 atom stereocenters. The van der Waals surface area contributed by atoms with E-state index >= 15 is 0 Å². The van der Waals surface area contributed by atoms with Gasteiger partial charge in [0.15, 0.2) is 0 Å². The molecule has 0 aliphatic carbocycles. The van der Waals surface area contributed by atoms with Crippen molar-refractivity contribution >= 4 is 39.2 Å². The van der Waals surface area contributed by atoms with E-state index in [2.05, 4.69) is 32.8 Å². The van der Waals surface area contributed by atoms with Gasteiger partial charge in [-0.2, -0.15) is 5.10 Å². The number of nitrogens with zero attached hydrogens (tertiary/aromatic N) is 2. The van der Waals surface area contributed by atoms with Crippen molar-refractivity contribution in [1.29, 1.82) is 0 Å². The molecule has 1 N–H and O–H groups in total. The van der Waals surface area contributed by atoms with E-state index in [1.165, 1.54) is 12.1 Å². The molecule has 0 aliphatic rings. The monoisotopic (exact) mass is 365 g/mol. The van der Waals surface area contributed by atoms with Crippen molar-refractivity contribution in [2.24, 2.45) is 0 Å². The molecule has 6 heteroatoms. The van der Waals surface area contributed by atoms with E-state index in [4.69, 9.17) is 0 Å². The third-order valence-electron chi connectivity index (χ3n) is 2.93. The highest BCUT2D eigenvalue weighted by Gasteiger charge is 2.11. The first-order valence-corrected chi connectivity index (χ1v) is 6.62. The van der Waals surface area contributed by atoms with Crippen LogP contribution in [0.2, 0.25) is 0 Å². The second-order valence-electron chi connectivity index (χ2n) is 4.04. The Hall–Kier alpha value is -1.96. The SMILES string of the molecule is O=[N+]([O-])c1ccc(-c2cccc3n[nH]c(I)c23)cc1. The first-order chi connectivity index (χ1) is 9.16. The first-order valence-electron chi connectivity index (χ1n) is 5.54. The summed E-state index contributed by atoms with van der Waals surface area (Å²) in [5.74, 6) is 0. The molecule has 0 saturated carbocycles. The third-order valence-corrected chi connectivity index (χ3v) is 3.71. The van der Waals surface area contributed by atoms with Crippen molar-refractivity contribution in [3.8, 4) is 11.1 Å². The van der Waals surface area contributed by atoms with E-state index in [0.29, 0.717) is 0 Å². The molecule has 0 spiro atoms. The molecule has 0 radical (unpaired) electrons. The number of hydrogen-bond acceptors (Lipinski definition) is 3. The topological polar surface area (TPSA) is 71.8 Å². The molecule has 0 amide bonds. The van der Waals surface area contributed by atoms with Gasteiger partial charge in [0.1, 0.15) is 3.70 Å². The van der Waals surface area contributed by atoms with Crippen molar-refractivity contribution < 1.29 is 4.92 Å². The summed E-state index contributed by atoms with van der Waals surface area (Å²) < 4.78 is 0.960. The molecule has 3 aromatic rings. The zero-order valence-electron chi connectivity index (χ0n) is 9.63. The van der Waals surface area contributed by atoms with Crippen LogP contribution in [0, 0.1) is 13.8 Å². The summed E-state index contributed by atoms with van der Waals surface area (Å²) in [6, 6.07) is 12.4. The van der Waals surface area contributed by atoms with Crippen molar-refractivity contribution in [3.05, 3.63) is 56.3 Å². The molecule has 2 aromatic carbocycles. The van der Waals surface area contributed by atoms with E-state index in [0.717, 1.165) is 25.7 Å². The van der Waals surface area contributed by atoms with Crippen LogP contribution in [-0.4, -0.2) is 15.1 Å². The normalized spacial score (nSPS) is 10.8. The highest BCUT2D eigenvalue weighted by molar-refractivity contribution is 14.1. The fourth-order valence-electron chi connectivity index (χ4n) is 2.03. The predicted molar refractivity (Wildman–Crippen MR) is 80.9 cm³/mol. The lowest BCUT2D eigenvalue weighted by atomic mass is 10.0. The zero-order chi connectivity index (χ0) is 13.4. The number of H-pyrrole nitrogens is 1. The number of nitro groups is 1. The quantitative estimate of drug-likeness (QED) is 0.427. The standard InChI is InChI=1S/C13H8IN3O2/c14-13-12-10(2-1-3-11(12)15-16-13)8-4-6-9(7-5-8)17(18)19/h1-7H,(H,15,16). The van der Waals surface area contributed by atoms with Crippen LogP contribution in [0.15, 0.2) is 42.5 Å². The Morgan fingerprint density at radius 3 is 2.58 bits per heavy atom. The molecule has 1 heterocycles. The Morgan fingerprint density at radius 1 is 1.16 bits per heavy atom. The molecule has 0 bridgehead atoms. The Labute approximate surface area is 121 Å². The van der Waals surface area contributed by atoms with Crippen LogP contribution in [-0.2, 0) is 0 Å². The fraction of sp³-hybridized carbons (Fsp3) is 0. The van der Waals surface area contributed by atoms with Gasteiger partial charge in [0.05, 0.1) is 10.4 Å². The number of non-ortho nitro benzene ring substituents is 1. The fourth-order valence-corrected chi connectivity index (χ4v) is 2.72. The van der Waals surface area contributed by atoms with Crippen LogP contribution in [0.3, 0.4) is 0 Å². The highest BCUT2D eigenvalue weighted by atomic mass is 127. The van der Waals surface area contributed by atoms with Crippen molar-refractivity contribution in [2.45, 2.75) is 0 Å². The number of benzene rings is 2. The predicted octanol–water partition coefficient (Wildman–Crippen LogP) is 3.74. The van der Waals surface area contributed by atoms with Crippen molar-refractivity contribution in [3.63, 3.8) is 0 Å². The maximum Gasteiger partial charge on any atom is 0.269 e. The van der Waals surface area contributed by atoms with E-state index < -0.39 is 4.92 Å². The van der Waals surface area contributed by atoms with Crippen LogP contribution in [0.4, 0.5) is 5.69 Å². The van der Waals surface area contributed by atoms with Gasteiger partial charge in [-0.3, -0.25) is 15.2 Å². The number of hydrogen-bond donors (Lipinski definition) is 1. The molecular formula is C13H8IN3O2. The minimum Gasteiger partial charge on any atom is -0.271 e. The minimum atomic E-state index is -0.397. The Morgan fingerprint density at radius 2 is 1.89 bits per heavy atom. The second kappa shape index (κ2) is 4.61. The van der Waals surface area contributed by atoms with Crippen LogP contribution in [0.5, 0.6) is 0 Å².